The second-order valence-corrected chi connectivity index (χ2v) is 8.38. The highest BCUT2D eigenvalue weighted by atomic mass is 16.6. The van der Waals surface area contributed by atoms with Crippen LogP contribution in [0.15, 0.2) is 12.3 Å². The number of ether oxygens (including phenoxy) is 2. The summed E-state index contributed by atoms with van der Waals surface area (Å²) in [6.45, 7) is 5.79. The summed E-state index contributed by atoms with van der Waals surface area (Å²) in [7, 11) is 1.65. The largest absolute Gasteiger partial charge is 0.481 e. The van der Waals surface area contributed by atoms with E-state index in [2.05, 4.69) is 11.1 Å². The van der Waals surface area contributed by atoms with Crippen molar-refractivity contribution < 1.29 is 14.3 Å². The Kier molecular flexibility index (Phi) is 3.35. The van der Waals surface area contributed by atoms with Crippen molar-refractivity contribution in [3.63, 3.8) is 0 Å². The van der Waals surface area contributed by atoms with Gasteiger partial charge in [-0.15, -0.1) is 0 Å². The van der Waals surface area contributed by atoms with Crippen LogP contribution in [0.4, 0.5) is 4.79 Å². The van der Waals surface area contributed by atoms with Gasteiger partial charge >= 0.3 is 6.09 Å². The van der Waals surface area contributed by atoms with Crippen LogP contribution in [-0.4, -0.2) is 40.8 Å². The first-order valence-corrected chi connectivity index (χ1v) is 8.89. The maximum absolute atomic E-state index is 12.7. The Balaban J connectivity index is 1.65. The average molecular weight is 330 g/mol. The lowest BCUT2D eigenvalue weighted by Crippen LogP contribution is -2.44. The van der Waals surface area contributed by atoms with Gasteiger partial charge in [-0.05, 0) is 64.0 Å². The van der Waals surface area contributed by atoms with Gasteiger partial charge in [0.2, 0.25) is 5.88 Å². The molecular formula is C19H26N2O3. The lowest BCUT2D eigenvalue weighted by molar-refractivity contribution is 0.0197. The van der Waals surface area contributed by atoms with Gasteiger partial charge < -0.3 is 14.4 Å². The fourth-order valence-corrected chi connectivity index (χ4v) is 5.07. The first-order chi connectivity index (χ1) is 11.3. The number of hydrogen-bond acceptors (Lipinski definition) is 4. The molecule has 2 fully saturated rings. The molecule has 0 N–H and O–H groups in total. The zero-order chi connectivity index (χ0) is 17.1. The van der Waals surface area contributed by atoms with Crippen molar-refractivity contribution in [2.75, 3.05) is 7.11 Å². The number of hydrogen-bond donors (Lipinski definition) is 0. The molecule has 1 aromatic rings. The van der Waals surface area contributed by atoms with Gasteiger partial charge in [0.15, 0.2) is 0 Å². The lowest BCUT2D eigenvalue weighted by atomic mass is 9.70. The van der Waals surface area contributed by atoms with Gasteiger partial charge in [-0.25, -0.2) is 9.78 Å². The molecule has 3 atom stereocenters. The number of fused-ring (bicyclic) bond motifs is 5. The second-order valence-electron chi connectivity index (χ2n) is 8.38. The molecule has 0 saturated carbocycles. The molecule has 2 saturated heterocycles. The number of pyridine rings is 1. The maximum Gasteiger partial charge on any atom is 0.410 e. The molecule has 5 nitrogen and oxygen atoms in total. The molecule has 1 spiro atoms. The first-order valence-electron chi connectivity index (χ1n) is 8.89. The maximum atomic E-state index is 12.7. The lowest BCUT2D eigenvalue weighted by Gasteiger charge is -2.35. The highest BCUT2D eigenvalue weighted by molar-refractivity contribution is 5.71. The highest BCUT2D eigenvalue weighted by Crippen LogP contribution is 2.57. The molecule has 3 aliphatic rings. The minimum atomic E-state index is -0.450. The van der Waals surface area contributed by atoms with E-state index >= 15 is 0 Å². The third kappa shape index (κ3) is 2.20. The summed E-state index contributed by atoms with van der Waals surface area (Å²) >= 11 is 0. The molecule has 4 rings (SSSR count). The monoisotopic (exact) mass is 330 g/mol. The number of nitrogens with zero attached hydrogens (tertiary/aromatic N) is 2. The molecule has 130 valence electrons. The van der Waals surface area contributed by atoms with Crippen LogP contribution in [0.5, 0.6) is 5.88 Å². The normalized spacial score (nSPS) is 30.8. The third-order valence-corrected chi connectivity index (χ3v) is 5.90. The number of methoxy groups -OCH3 is 1. The molecule has 5 heteroatoms. The summed E-state index contributed by atoms with van der Waals surface area (Å²) in [6.07, 6.45) is 7.16. The topological polar surface area (TPSA) is 51.7 Å². The van der Waals surface area contributed by atoms with Gasteiger partial charge in [0.25, 0.3) is 0 Å². The quantitative estimate of drug-likeness (QED) is 0.791. The molecule has 0 radical (unpaired) electrons. The summed E-state index contributed by atoms with van der Waals surface area (Å²) in [4.78, 5) is 19.2. The fourth-order valence-electron chi connectivity index (χ4n) is 5.07. The molecule has 1 amide bonds. The molecule has 1 aromatic heterocycles. The zero-order valence-electron chi connectivity index (χ0n) is 15.0. The van der Waals surface area contributed by atoms with Crippen molar-refractivity contribution in [3.8, 4) is 5.88 Å². The second kappa shape index (κ2) is 5.11. The van der Waals surface area contributed by atoms with Gasteiger partial charge in [-0.2, -0.15) is 0 Å². The zero-order valence-corrected chi connectivity index (χ0v) is 15.0. The van der Waals surface area contributed by atoms with E-state index in [4.69, 9.17) is 9.47 Å². The van der Waals surface area contributed by atoms with Crippen LogP contribution in [0, 0.1) is 0 Å². The fraction of sp³-hybridized carbons (Fsp3) is 0.684. The standard InChI is InChI=1S/C19H26N2O3/c1-18(2,3)24-17(22)21-13-5-6-15(21)19(10-13)8-7-12-9-16(23-4)20-11-14(12)19/h9,11,13,15H,5-8,10H2,1-4H3/t13-,15+,19-/m0/s1. The number of aryl methyl sites for hydroxylation is 1. The van der Waals surface area contributed by atoms with E-state index < -0.39 is 5.60 Å². The van der Waals surface area contributed by atoms with E-state index in [1.54, 1.807) is 7.11 Å². The third-order valence-electron chi connectivity index (χ3n) is 5.90. The SMILES string of the molecule is COc1cc2c(cn1)[C@]1(CC2)C[C@@H]2CC[C@H]1N2C(=O)OC(C)(C)C. The Labute approximate surface area is 143 Å². The number of amides is 1. The van der Waals surface area contributed by atoms with Crippen LogP contribution in [-0.2, 0) is 16.6 Å². The van der Waals surface area contributed by atoms with E-state index in [9.17, 15) is 4.79 Å². The average Bonchev–Trinajstić information content (AvgIpc) is 3.17. The van der Waals surface area contributed by atoms with Crippen LogP contribution in [0.2, 0.25) is 0 Å². The van der Waals surface area contributed by atoms with E-state index in [1.807, 2.05) is 31.9 Å². The van der Waals surface area contributed by atoms with E-state index in [0.29, 0.717) is 11.9 Å². The van der Waals surface area contributed by atoms with Gasteiger partial charge in [-0.1, -0.05) is 0 Å². The Hall–Kier alpha value is -1.78. The Morgan fingerprint density at radius 1 is 1.38 bits per heavy atom. The molecule has 2 aliphatic heterocycles. The minimum Gasteiger partial charge on any atom is -0.481 e. The van der Waals surface area contributed by atoms with Gasteiger partial charge in [0, 0.05) is 29.8 Å². The van der Waals surface area contributed by atoms with E-state index in [1.165, 1.54) is 11.1 Å². The number of carbonyl (C=O) groups excluding carboxylic acids is 1. The van der Waals surface area contributed by atoms with Crippen LogP contribution >= 0.6 is 0 Å². The first kappa shape index (κ1) is 15.7. The predicted molar refractivity (Wildman–Crippen MR) is 90.3 cm³/mol. The summed E-state index contributed by atoms with van der Waals surface area (Å²) < 4.78 is 11.0. The summed E-state index contributed by atoms with van der Waals surface area (Å²) in [5, 5.41) is 0. The van der Waals surface area contributed by atoms with Crippen molar-refractivity contribution in [1.82, 2.24) is 9.88 Å². The Morgan fingerprint density at radius 3 is 2.88 bits per heavy atom. The smallest absolute Gasteiger partial charge is 0.410 e. The van der Waals surface area contributed by atoms with Crippen LogP contribution < -0.4 is 4.74 Å². The number of carbonyl (C=O) groups is 1. The highest BCUT2D eigenvalue weighted by Gasteiger charge is 2.60. The van der Waals surface area contributed by atoms with Gasteiger partial charge in [0.1, 0.15) is 5.60 Å². The van der Waals surface area contributed by atoms with Crippen LogP contribution in [0.25, 0.3) is 0 Å². The molecule has 1 aliphatic carbocycles. The van der Waals surface area contributed by atoms with Crippen LogP contribution in [0.1, 0.15) is 57.6 Å². The van der Waals surface area contributed by atoms with Crippen molar-refractivity contribution in [3.05, 3.63) is 23.4 Å². The molecule has 0 unspecified atom stereocenters. The van der Waals surface area contributed by atoms with Gasteiger partial charge in [-0.3, -0.25) is 0 Å². The Morgan fingerprint density at radius 2 is 2.17 bits per heavy atom. The van der Waals surface area contributed by atoms with E-state index in [0.717, 1.165) is 32.1 Å². The molecular weight excluding hydrogens is 304 g/mol. The minimum absolute atomic E-state index is 0.0639. The number of rotatable bonds is 1. The van der Waals surface area contributed by atoms with Gasteiger partial charge in [0.05, 0.1) is 7.11 Å². The Bertz CT molecular complexity index is 682. The van der Waals surface area contributed by atoms with Crippen molar-refractivity contribution >= 4 is 6.09 Å². The molecule has 2 bridgehead atoms. The molecule has 0 aromatic carbocycles. The van der Waals surface area contributed by atoms with Crippen molar-refractivity contribution in [2.24, 2.45) is 0 Å². The van der Waals surface area contributed by atoms with Crippen molar-refractivity contribution in [1.29, 1.82) is 0 Å². The summed E-state index contributed by atoms with van der Waals surface area (Å²) in [5.74, 6) is 0.679. The summed E-state index contributed by atoms with van der Waals surface area (Å²) in [6, 6.07) is 2.61. The van der Waals surface area contributed by atoms with E-state index in [-0.39, 0.29) is 17.6 Å². The van der Waals surface area contributed by atoms with Crippen LogP contribution in [0.3, 0.4) is 0 Å². The van der Waals surface area contributed by atoms with Crippen molar-refractivity contribution in [2.45, 2.75) is 76.0 Å². The molecule has 24 heavy (non-hydrogen) atoms. The molecule has 3 heterocycles. The number of aromatic nitrogens is 1. The predicted octanol–water partition coefficient (Wildman–Crippen LogP) is 3.45. The summed E-state index contributed by atoms with van der Waals surface area (Å²) in [5.41, 5.74) is 2.27.